The van der Waals surface area contributed by atoms with Crippen molar-refractivity contribution in [2.75, 3.05) is 0 Å². The van der Waals surface area contributed by atoms with Crippen molar-refractivity contribution in [1.29, 1.82) is 5.26 Å². The van der Waals surface area contributed by atoms with E-state index >= 15 is 0 Å². The number of hydrogen-bond donors (Lipinski definition) is 0. The van der Waals surface area contributed by atoms with E-state index in [0.717, 1.165) is 6.07 Å². The van der Waals surface area contributed by atoms with Crippen molar-refractivity contribution in [3.8, 4) is 6.07 Å². The van der Waals surface area contributed by atoms with Crippen LogP contribution in [0.4, 0.5) is 26.3 Å². The van der Waals surface area contributed by atoms with Crippen LogP contribution < -0.4 is 0 Å². The maximum Gasteiger partial charge on any atom is 0.418 e. The van der Waals surface area contributed by atoms with Crippen molar-refractivity contribution in [1.82, 2.24) is 0 Å². The number of nitriles is 1. The quantitative estimate of drug-likeness (QED) is 0.563. The summed E-state index contributed by atoms with van der Waals surface area (Å²) < 4.78 is 76.5. The summed E-state index contributed by atoms with van der Waals surface area (Å²) in [7, 11) is 0. The average molecular weight is 278 g/mol. The number of halogens is 6. The topological polar surface area (TPSA) is 28.1 Å². The van der Waals surface area contributed by atoms with Crippen LogP contribution in [0.25, 0.3) is 4.85 Å². The van der Waals surface area contributed by atoms with E-state index < -0.39 is 41.2 Å². The lowest BCUT2D eigenvalue weighted by Crippen LogP contribution is -2.20. The van der Waals surface area contributed by atoms with Gasteiger partial charge >= 0.3 is 12.4 Å². The molecule has 0 N–H and O–H groups in total. The molecule has 0 saturated carbocycles. The molecule has 0 aliphatic heterocycles. The minimum atomic E-state index is -5.33. The molecule has 0 amide bonds. The molecule has 0 saturated heterocycles. The van der Waals surface area contributed by atoms with Gasteiger partial charge in [0.15, 0.2) is 0 Å². The molecular weight excluding hydrogens is 274 g/mol. The third-order valence-corrected chi connectivity index (χ3v) is 2.23. The van der Waals surface area contributed by atoms with Gasteiger partial charge in [0.25, 0.3) is 0 Å². The maximum atomic E-state index is 12.8. The highest BCUT2D eigenvalue weighted by Crippen LogP contribution is 2.43. The second kappa shape index (κ2) is 4.81. The summed E-state index contributed by atoms with van der Waals surface area (Å²) in [6.07, 6.45) is -10.6. The van der Waals surface area contributed by atoms with E-state index in [4.69, 9.17) is 11.8 Å². The van der Waals surface area contributed by atoms with Gasteiger partial charge in [-0.05, 0) is 12.1 Å². The van der Waals surface area contributed by atoms with Crippen molar-refractivity contribution in [2.45, 2.75) is 18.9 Å². The van der Waals surface area contributed by atoms with Gasteiger partial charge in [-0.2, -0.15) is 31.6 Å². The van der Waals surface area contributed by atoms with Crippen LogP contribution in [0, 0.1) is 17.9 Å². The van der Waals surface area contributed by atoms with Gasteiger partial charge in [-0.15, -0.1) is 0 Å². The molecule has 8 heteroatoms. The monoisotopic (exact) mass is 278 g/mol. The fourth-order valence-electron chi connectivity index (χ4n) is 1.57. The van der Waals surface area contributed by atoms with Crippen LogP contribution in [0.5, 0.6) is 0 Å². The molecule has 1 aromatic rings. The smallest absolute Gasteiger partial charge is 0.312 e. The zero-order valence-electron chi connectivity index (χ0n) is 9.02. The summed E-state index contributed by atoms with van der Waals surface area (Å²) in [5, 5.41) is 8.51. The SMILES string of the molecule is [C-]#[N+]Cc1ccc(C#N)c(C(F)(F)F)c1C(F)(F)F. The van der Waals surface area contributed by atoms with Gasteiger partial charge in [0.2, 0.25) is 6.54 Å². The van der Waals surface area contributed by atoms with Gasteiger partial charge in [-0.1, -0.05) is 0 Å². The Balaban J connectivity index is 3.80. The number of nitrogens with zero attached hydrogens (tertiary/aromatic N) is 2. The van der Waals surface area contributed by atoms with Crippen LogP contribution in [-0.2, 0) is 18.9 Å². The predicted octanol–water partition coefficient (Wildman–Crippen LogP) is 4.02. The molecule has 100 valence electrons. The average Bonchev–Trinajstić information content (AvgIpc) is 2.26. The lowest BCUT2D eigenvalue weighted by molar-refractivity contribution is -0.162. The maximum absolute atomic E-state index is 12.8. The van der Waals surface area contributed by atoms with Crippen LogP contribution in [0.3, 0.4) is 0 Å². The van der Waals surface area contributed by atoms with Gasteiger partial charge in [0, 0.05) is 5.56 Å². The van der Waals surface area contributed by atoms with Gasteiger partial charge in [0.1, 0.15) is 0 Å². The molecule has 0 aromatic heterocycles. The van der Waals surface area contributed by atoms with Crippen LogP contribution in [-0.4, -0.2) is 0 Å². The van der Waals surface area contributed by atoms with E-state index in [9.17, 15) is 26.3 Å². The molecule has 0 radical (unpaired) electrons. The summed E-state index contributed by atoms with van der Waals surface area (Å²) >= 11 is 0. The first kappa shape index (κ1) is 14.8. The molecule has 0 fully saturated rings. The summed E-state index contributed by atoms with van der Waals surface area (Å²) in [5.74, 6) is 0. The zero-order chi connectivity index (χ0) is 14.8. The Hall–Kier alpha value is -2.22. The molecule has 0 aliphatic rings. The molecule has 1 aromatic carbocycles. The molecule has 0 bridgehead atoms. The van der Waals surface area contributed by atoms with Crippen molar-refractivity contribution in [3.05, 3.63) is 45.8 Å². The first-order chi connectivity index (χ1) is 8.62. The first-order valence-corrected chi connectivity index (χ1v) is 4.66. The Labute approximate surface area is 103 Å². The fourth-order valence-corrected chi connectivity index (χ4v) is 1.57. The molecule has 2 nitrogen and oxygen atoms in total. The molecule has 0 aliphatic carbocycles. The molecule has 0 spiro atoms. The molecule has 0 atom stereocenters. The highest BCUT2D eigenvalue weighted by Gasteiger charge is 2.47. The van der Waals surface area contributed by atoms with E-state index in [2.05, 4.69) is 4.85 Å². The fraction of sp³-hybridized carbons (Fsp3) is 0.273. The van der Waals surface area contributed by atoms with Crippen LogP contribution in [0.1, 0.15) is 22.3 Å². The lowest BCUT2D eigenvalue weighted by atomic mass is 9.95. The van der Waals surface area contributed by atoms with E-state index in [1.165, 1.54) is 0 Å². The van der Waals surface area contributed by atoms with Gasteiger partial charge < -0.3 is 4.85 Å². The normalized spacial score (nSPS) is 11.8. The summed E-state index contributed by atoms with van der Waals surface area (Å²) in [6, 6.07) is 2.44. The molecular formula is C11H4F6N2. The third-order valence-electron chi connectivity index (χ3n) is 2.23. The zero-order valence-corrected chi connectivity index (χ0v) is 9.02. The van der Waals surface area contributed by atoms with Gasteiger partial charge in [-0.25, -0.2) is 6.57 Å². The Morgan fingerprint density at radius 2 is 1.58 bits per heavy atom. The molecule has 0 unspecified atom stereocenters. The van der Waals surface area contributed by atoms with Crippen molar-refractivity contribution < 1.29 is 26.3 Å². The second-order valence-corrected chi connectivity index (χ2v) is 3.45. The Bertz CT molecular complexity index is 571. The molecule has 1 rings (SSSR count). The van der Waals surface area contributed by atoms with Crippen LogP contribution >= 0.6 is 0 Å². The minimum absolute atomic E-state index is 0.637. The van der Waals surface area contributed by atoms with Crippen LogP contribution in [0.15, 0.2) is 12.1 Å². The number of rotatable bonds is 1. The highest BCUT2D eigenvalue weighted by atomic mass is 19.4. The Kier molecular flexibility index (Phi) is 3.75. The van der Waals surface area contributed by atoms with Gasteiger partial charge in [0.05, 0.1) is 22.8 Å². The van der Waals surface area contributed by atoms with Crippen molar-refractivity contribution >= 4 is 0 Å². The third kappa shape index (κ3) is 2.97. The van der Waals surface area contributed by atoms with E-state index in [1.807, 2.05) is 0 Å². The van der Waals surface area contributed by atoms with Gasteiger partial charge in [-0.3, -0.25) is 0 Å². The minimum Gasteiger partial charge on any atom is -0.312 e. The predicted molar refractivity (Wildman–Crippen MR) is 51.5 cm³/mol. The summed E-state index contributed by atoms with van der Waals surface area (Å²) in [6.45, 7) is 5.63. The van der Waals surface area contributed by atoms with Crippen molar-refractivity contribution in [2.24, 2.45) is 0 Å². The Morgan fingerprint density at radius 1 is 1.05 bits per heavy atom. The summed E-state index contributed by atoms with van der Waals surface area (Å²) in [4.78, 5) is 2.66. The number of benzene rings is 1. The largest absolute Gasteiger partial charge is 0.418 e. The number of hydrogen-bond acceptors (Lipinski definition) is 1. The standard InChI is InChI=1S/C11H4F6N2/c1-19-5-7-3-2-6(4-18)8(10(12,13)14)9(7)11(15,16)17/h2-3H,5H2. The lowest BCUT2D eigenvalue weighted by Gasteiger charge is -2.18. The van der Waals surface area contributed by atoms with Crippen molar-refractivity contribution in [3.63, 3.8) is 0 Å². The second-order valence-electron chi connectivity index (χ2n) is 3.45. The number of alkyl halides is 6. The Morgan fingerprint density at radius 3 is 1.95 bits per heavy atom. The van der Waals surface area contributed by atoms with E-state index in [1.54, 1.807) is 0 Å². The summed E-state index contributed by atoms with van der Waals surface area (Å²) in [5.41, 5.74) is -5.92. The molecule has 19 heavy (non-hydrogen) atoms. The highest BCUT2D eigenvalue weighted by molar-refractivity contribution is 5.50. The van der Waals surface area contributed by atoms with Crippen LogP contribution in [0.2, 0.25) is 0 Å². The van der Waals surface area contributed by atoms with E-state index in [0.29, 0.717) is 12.1 Å². The van der Waals surface area contributed by atoms with E-state index in [-0.39, 0.29) is 0 Å². The molecule has 0 heterocycles. The first-order valence-electron chi connectivity index (χ1n) is 4.66.